The topological polar surface area (TPSA) is 42.0 Å². The van der Waals surface area contributed by atoms with Crippen LogP contribution in [0.2, 0.25) is 5.15 Å². The summed E-state index contributed by atoms with van der Waals surface area (Å²) in [6.07, 6.45) is 6.60. The molecular formula is C17H17ClN2O. The summed E-state index contributed by atoms with van der Waals surface area (Å²) >= 11 is 6.11. The second-order valence-electron chi connectivity index (χ2n) is 6.26. The van der Waals surface area contributed by atoms with Crippen LogP contribution in [-0.2, 0) is 0 Å². The third kappa shape index (κ3) is 2.20. The van der Waals surface area contributed by atoms with E-state index in [-0.39, 0.29) is 5.91 Å². The van der Waals surface area contributed by atoms with Crippen molar-refractivity contribution in [3.63, 3.8) is 0 Å². The highest BCUT2D eigenvalue weighted by molar-refractivity contribution is 6.34. The molecule has 1 aromatic heterocycles. The van der Waals surface area contributed by atoms with E-state index in [9.17, 15) is 4.79 Å². The number of carbonyl (C=O) groups excluding carboxylic acids is 1. The van der Waals surface area contributed by atoms with Crippen LogP contribution in [0.15, 0.2) is 30.5 Å². The van der Waals surface area contributed by atoms with Gasteiger partial charge in [0, 0.05) is 17.6 Å². The summed E-state index contributed by atoms with van der Waals surface area (Å²) in [5.74, 6) is 1.47. The zero-order chi connectivity index (χ0) is 14.4. The Labute approximate surface area is 128 Å². The molecule has 0 spiro atoms. The Morgan fingerprint density at radius 1 is 1.19 bits per heavy atom. The highest BCUT2D eigenvalue weighted by Crippen LogP contribution is 2.44. The van der Waals surface area contributed by atoms with Crippen molar-refractivity contribution in [3.05, 3.63) is 41.2 Å². The van der Waals surface area contributed by atoms with Crippen LogP contribution < -0.4 is 5.32 Å². The van der Waals surface area contributed by atoms with Gasteiger partial charge in [-0.1, -0.05) is 42.3 Å². The van der Waals surface area contributed by atoms with E-state index in [2.05, 4.69) is 10.3 Å². The average Bonchev–Trinajstić information content (AvgIpc) is 3.10. The second-order valence-corrected chi connectivity index (χ2v) is 6.62. The zero-order valence-corrected chi connectivity index (χ0v) is 12.4. The van der Waals surface area contributed by atoms with Gasteiger partial charge in [-0.05, 0) is 36.5 Å². The van der Waals surface area contributed by atoms with Gasteiger partial charge >= 0.3 is 0 Å². The highest BCUT2D eigenvalue weighted by Gasteiger charge is 2.40. The molecule has 1 aromatic carbocycles. The number of amides is 1. The van der Waals surface area contributed by atoms with Gasteiger partial charge < -0.3 is 5.32 Å². The fourth-order valence-electron chi connectivity index (χ4n) is 4.01. The lowest BCUT2D eigenvalue weighted by atomic mass is 9.95. The molecule has 0 saturated heterocycles. The molecule has 4 rings (SSSR count). The van der Waals surface area contributed by atoms with Gasteiger partial charge in [0.05, 0.1) is 5.56 Å². The molecule has 21 heavy (non-hydrogen) atoms. The number of benzene rings is 1. The molecule has 1 heterocycles. The van der Waals surface area contributed by atoms with E-state index in [1.807, 2.05) is 24.3 Å². The van der Waals surface area contributed by atoms with Gasteiger partial charge in [0.25, 0.3) is 5.91 Å². The molecule has 3 atom stereocenters. The molecule has 4 heteroatoms. The second kappa shape index (κ2) is 4.99. The van der Waals surface area contributed by atoms with Crippen molar-refractivity contribution in [1.82, 2.24) is 10.3 Å². The number of hydrogen-bond donors (Lipinski definition) is 1. The molecule has 2 bridgehead atoms. The van der Waals surface area contributed by atoms with Gasteiger partial charge in [-0.2, -0.15) is 0 Å². The van der Waals surface area contributed by atoms with Gasteiger partial charge in [0.1, 0.15) is 5.15 Å². The molecule has 1 amide bonds. The quantitative estimate of drug-likeness (QED) is 0.857. The van der Waals surface area contributed by atoms with Crippen LogP contribution in [-0.4, -0.2) is 16.9 Å². The third-order valence-corrected chi connectivity index (χ3v) is 5.35. The summed E-state index contributed by atoms with van der Waals surface area (Å²) in [6, 6.07) is 8.00. The average molecular weight is 301 g/mol. The van der Waals surface area contributed by atoms with Crippen LogP contribution in [0.3, 0.4) is 0 Å². The maximum atomic E-state index is 12.6. The van der Waals surface area contributed by atoms with Crippen LogP contribution in [0.1, 0.15) is 36.0 Å². The van der Waals surface area contributed by atoms with E-state index < -0.39 is 0 Å². The van der Waals surface area contributed by atoms with Crippen molar-refractivity contribution in [2.45, 2.75) is 31.7 Å². The number of nitrogens with zero attached hydrogens (tertiary/aromatic N) is 1. The van der Waals surface area contributed by atoms with Crippen molar-refractivity contribution in [2.24, 2.45) is 11.8 Å². The Morgan fingerprint density at radius 3 is 2.71 bits per heavy atom. The number of hydrogen-bond acceptors (Lipinski definition) is 2. The van der Waals surface area contributed by atoms with Gasteiger partial charge in [-0.15, -0.1) is 0 Å². The molecule has 2 aromatic rings. The number of pyridine rings is 1. The van der Waals surface area contributed by atoms with Crippen molar-refractivity contribution < 1.29 is 4.79 Å². The highest BCUT2D eigenvalue weighted by atomic mass is 35.5. The summed E-state index contributed by atoms with van der Waals surface area (Å²) in [7, 11) is 0. The van der Waals surface area contributed by atoms with Crippen molar-refractivity contribution in [1.29, 1.82) is 0 Å². The molecule has 3 unspecified atom stereocenters. The first-order chi connectivity index (χ1) is 10.2. The molecule has 0 radical (unpaired) electrons. The smallest absolute Gasteiger partial charge is 0.253 e. The molecule has 3 nitrogen and oxygen atoms in total. The fraction of sp³-hybridized carbons (Fsp3) is 0.412. The van der Waals surface area contributed by atoms with E-state index in [4.69, 9.17) is 11.6 Å². The lowest BCUT2D eigenvalue weighted by Gasteiger charge is -2.23. The molecule has 108 valence electrons. The number of fused-ring (bicyclic) bond motifs is 3. The number of halogens is 1. The lowest BCUT2D eigenvalue weighted by molar-refractivity contribution is 0.0924. The van der Waals surface area contributed by atoms with Crippen molar-refractivity contribution in [3.8, 4) is 0 Å². The molecule has 1 N–H and O–H groups in total. The van der Waals surface area contributed by atoms with E-state index in [0.717, 1.165) is 23.1 Å². The number of aromatic nitrogens is 1. The third-order valence-electron chi connectivity index (χ3n) is 5.05. The van der Waals surface area contributed by atoms with Crippen LogP contribution in [0.5, 0.6) is 0 Å². The van der Waals surface area contributed by atoms with E-state index in [0.29, 0.717) is 22.7 Å². The molecule has 2 saturated carbocycles. The molecule has 2 aliphatic carbocycles. The largest absolute Gasteiger partial charge is 0.349 e. The summed E-state index contributed by atoms with van der Waals surface area (Å²) < 4.78 is 0. The first-order valence-electron chi connectivity index (χ1n) is 7.56. The van der Waals surface area contributed by atoms with E-state index >= 15 is 0 Å². The molecule has 2 aliphatic rings. The van der Waals surface area contributed by atoms with Gasteiger partial charge in [-0.3, -0.25) is 4.79 Å². The summed E-state index contributed by atoms with van der Waals surface area (Å²) in [6.45, 7) is 0. The first-order valence-corrected chi connectivity index (χ1v) is 7.94. The van der Waals surface area contributed by atoms with Crippen LogP contribution in [0.4, 0.5) is 0 Å². The molecular weight excluding hydrogens is 284 g/mol. The predicted octanol–water partition coefficient (Wildman–Crippen LogP) is 3.81. The van der Waals surface area contributed by atoms with Crippen molar-refractivity contribution in [2.75, 3.05) is 0 Å². The van der Waals surface area contributed by atoms with E-state index in [1.165, 1.54) is 19.3 Å². The Kier molecular flexibility index (Phi) is 3.11. The number of nitrogens with one attached hydrogen (secondary N) is 1. The van der Waals surface area contributed by atoms with Crippen LogP contribution in [0, 0.1) is 11.8 Å². The van der Waals surface area contributed by atoms with E-state index in [1.54, 1.807) is 6.20 Å². The number of rotatable bonds is 2. The molecule has 2 fully saturated rings. The summed E-state index contributed by atoms with van der Waals surface area (Å²) in [5, 5.41) is 5.37. The monoisotopic (exact) mass is 300 g/mol. The van der Waals surface area contributed by atoms with Crippen molar-refractivity contribution >= 4 is 28.3 Å². The Morgan fingerprint density at radius 2 is 2.00 bits per heavy atom. The first kappa shape index (κ1) is 13.1. The lowest BCUT2D eigenvalue weighted by Crippen LogP contribution is -2.38. The van der Waals surface area contributed by atoms with Gasteiger partial charge in [0.2, 0.25) is 0 Å². The minimum atomic E-state index is -0.0204. The standard InChI is InChI=1S/C17H17ClN2O/c18-16-13-4-2-1-3-12(13)14(9-19-16)17(21)20-15-8-10-5-6-11(15)7-10/h1-4,9-11,15H,5-8H2,(H,20,21). The summed E-state index contributed by atoms with van der Waals surface area (Å²) in [5.41, 5.74) is 0.623. The molecule has 0 aliphatic heterocycles. The van der Waals surface area contributed by atoms with Crippen LogP contribution >= 0.6 is 11.6 Å². The minimum absolute atomic E-state index is 0.0204. The SMILES string of the molecule is O=C(NC1CC2CCC1C2)c1cnc(Cl)c2ccccc12. The van der Waals surface area contributed by atoms with Gasteiger partial charge in [0.15, 0.2) is 0 Å². The van der Waals surface area contributed by atoms with Crippen LogP contribution in [0.25, 0.3) is 10.8 Å². The fourth-order valence-corrected chi connectivity index (χ4v) is 4.22. The normalized spacial score (nSPS) is 27.2. The zero-order valence-electron chi connectivity index (χ0n) is 11.7. The minimum Gasteiger partial charge on any atom is -0.349 e. The summed E-state index contributed by atoms with van der Waals surface area (Å²) in [4.78, 5) is 16.8. The Balaban J connectivity index is 1.64. The Hall–Kier alpha value is -1.61. The number of carbonyl (C=O) groups is 1. The maximum absolute atomic E-state index is 12.6. The Bertz CT molecular complexity index is 715. The maximum Gasteiger partial charge on any atom is 0.253 e. The predicted molar refractivity (Wildman–Crippen MR) is 83.5 cm³/mol. The van der Waals surface area contributed by atoms with Gasteiger partial charge in [-0.25, -0.2) is 4.98 Å².